The summed E-state index contributed by atoms with van der Waals surface area (Å²) in [5.74, 6) is -0.707. The molecule has 2 atom stereocenters. The molecule has 2 heterocycles. The van der Waals surface area contributed by atoms with Gasteiger partial charge in [-0.15, -0.1) is 0 Å². The molecule has 2 aliphatic rings. The second kappa shape index (κ2) is 5.98. The highest BCUT2D eigenvalue weighted by Gasteiger charge is 2.48. The van der Waals surface area contributed by atoms with Gasteiger partial charge in [0.15, 0.2) is 11.5 Å². The van der Waals surface area contributed by atoms with Crippen molar-refractivity contribution in [2.75, 3.05) is 11.9 Å². The van der Waals surface area contributed by atoms with Crippen LogP contribution in [0.5, 0.6) is 0 Å². The Morgan fingerprint density at radius 3 is 2.60 bits per heavy atom. The van der Waals surface area contributed by atoms with E-state index in [4.69, 9.17) is 4.42 Å². The van der Waals surface area contributed by atoms with E-state index in [9.17, 15) is 14.4 Å². The molecule has 4 rings (SSSR count). The van der Waals surface area contributed by atoms with E-state index in [1.165, 1.54) is 0 Å². The number of carbonyl (C=O) groups is 3. The second-order valence-corrected chi connectivity index (χ2v) is 6.72. The summed E-state index contributed by atoms with van der Waals surface area (Å²) in [6.07, 6.45) is 3.43. The summed E-state index contributed by atoms with van der Waals surface area (Å²) in [4.78, 5) is 42.5. The third-order valence-electron chi connectivity index (χ3n) is 5.01. The zero-order valence-corrected chi connectivity index (χ0v) is 13.9. The average Bonchev–Trinajstić information content (AvgIpc) is 3.07. The quantitative estimate of drug-likeness (QED) is 0.865. The number of hydrogen-bond acceptors (Lipinski definition) is 5. The average molecular weight is 341 g/mol. The Morgan fingerprint density at radius 2 is 1.92 bits per heavy atom. The monoisotopic (exact) mass is 341 g/mol. The van der Waals surface area contributed by atoms with Crippen molar-refractivity contribution in [1.29, 1.82) is 0 Å². The minimum absolute atomic E-state index is 0.201. The van der Waals surface area contributed by atoms with E-state index < -0.39 is 0 Å². The highest BCUT2D eigenvalue weighted by atomic mass is 16.3. The van der Waals surface area contributed by atoms with Crippen LogP contribution in [-0.4, -0.2) is 34.2 Å². The number of imide groups is 1. The van der Waals surface area contributed by atoms with Crippen LogP contribution in [-0.2, 0) is 14.4 Å². The van der Waals surface area contributed by atoms with Gasteiger partial charge in [0.25, 0.3) is 0 Å². The molecule has 2 unspecified atom stereocenters. The number of likely N-dealkylation sites (tertiary alicyclic amines) is 1. The predicted octanol–water partition coefficient (Wildman–Crippen LogP) is 2.25. The van der Waals surface area contributed by atoms with Crippen LogP contribution in [0.3, 0.4) is 0 Å². The lowest BCUT2D eigenvalue weighted by Gasteiger charge is -2.19. The molecule has 130 valence electrons. The Hall–Kier alpha value is -2.70. The molecule has 7 heteroatoms. The number of benzene rings is 1. The standard InChI is InChI=1S/C18H19N3O4/c1-10-19-14-8-11(6-7-15(14)25-10)20-16(22)9-21-17(23)12-4-2-3-5-13(12)18(21)24/h6-8,12-13H,2-5,9H2,1H3,(H,20,22). The molecule has 2 aromatic rings. The summed E-state index contributed by atoms with van der Waals surface area (Å²) in [5.41, 5.74) is 1.85. The number of hydrogen-bond donors (Lipinski definition) is 1. The third kappa shape index (κ3) is 2.79. The van der Waals surface area contributed by atoms with Gasteiger partial charge in [0.05, 0.1) is 11.8 Å². The summed E-state index contributed by atoms with van der Waals surface area (Å²) >= 11 is 0. The van der Waals surface area contributed by atoms with Crippen molar-refractivity contribution in [1.82, 2.24) is 9.88 Å². The fraction of sp³-hybridized carbons (Fsp3) is 0.444. The topological polar surface area (TPSA) is 92.5 Å². The maximum Gasteiger partial charge on any atom is 0.244 e. The molecule has 1 aliphatic heterocycles. The molecule has 0 spiro atoms. The van der Waals surface area contributed by atoms with Gasteiger partial charge in [-0.05, 0) is 31.0 Å². The Balaban J connectivity index is 1.46. The predicted molar refractivity (Wildman–Crippen MR) is 89.5 cm³/mol. The van der Waals surface area contributed by atoms with Crippen molar-refractivity contribution in [3.8, 4) is 0 Å². The van der Waals surface area contributed by atoms with Crippen LogP contribution in [0.25, 0.3) is 11.1 Å². The highest BCUT2D eigenvalue weighted by Crippen LogP contribution is 2.37. The minimum Gasteiger partial charge on any atom is -0.441 e. The van der Waals surface area contributed by atoms with E-state index in [0.717, 1.165) is 30.6 Å². The number of amides is 3. The van der Waals surface area contributed by atoms with Gasteiger partial charge < -0.3 is 9.73 Å². The molecular formula is C18H19N3O4. The van der Waals surface area contributed by atoms with Crippen LogP contribution in [0.1, 0.15) is 31.6 Å². The maximum atomic E-state index is 12.4. The van der Waals surface area contributed by atoms with E-state index >= 15 is 0 Å². The van der Waals surface area contributed by atoms with Crippen LogP contribution < -0.4 is 5.32 Å². The first-order valence-electron chi connectivity index (χ1n) is 8.55. The molecule has 1 N–H and O–H groups in total. The fourth-order valence-corrected chi connectivity index (χ4v) is 3.85. The first-order valence-corrected chi connectivity index (χ1v) is 8.55. The van der Waals surface area contributed by atoms with Crippen molar-refractivity contribution in [2.45, 2.75) is 32.6 Å². The number of oxazole rings is 1. The van der Waals surface area contributed by atoms with Crippen LogP contribution in [0, 0.1) is 18.8 Å². The fourth-order valence-electron chi connectivity index (χ4n) is 3.85. The van der Waals surface area contributed by atoms with E-state index in [0.29, 0.717) is 22.7 Å². The van der Waals surface area contributed by atoms with Gasteiger partial charge >= 0.3 is 0 Å². The summed E-state index contributed by atoms with van der Waals surface area (Å²) in [7, 11) is 0. The number of aryl methyl sites for hydroxylation is 1. The Kier molecular flexibility index (Phi) is 3.78. The number of aromatic nitrogens is 1. The molecule has 7 nitrogen and oxygen atoms in total. The van der Waals surface area contributed by atoms with E-state index in [-0.39, 0.29) is 36.1 Å². The lowest BCUT2D eigenvalue weighted by atomic mass is 9.81. The zero-order valence-electron chi connectivity index (χ0n) is 13.9. The Bertz CT molecular complexity index is 848. The summed E-state index contributed by atoms with van der Waals surface area (Å²) in [6, 6.07) is 5.14. The molecule has 0 bridgehead atoms. The molecule has 1 aliphatic carbocycles. The molecule has 1 aromatic carbocycles. The van der Waals surface area contributed by atoms with Crippen molar-refractivity contribution >= 4 is 34.5 Å². The molecule has 2 fully saturated rings. The number of anilines is 1. The number of fused-ring (bicyclic) bond motifs is 2. The van der Waals surface area contributed by atoms with Gasteiger partial charge in [0, 0.05) is 12.6 Å². The van der Waals surface area contributed by atoms with Gasteiger partial charge in [-0.3, -0.25) is 19.3 Å². The van der Waals surface area contributed by atoms with Crippen LogP contribution in [0.15, 0.2) is 22.6 Å². The van der Waals surface area contributed by atoms with Gasteiger partial charge in [-0.1, -0.05) is 12.8 Å². The smallest absolute Gasteiger partial charge is 0.244 e. The first-order chi connectivity index (χ1) is 12.0. The van der Waals surface area contributed by atoms with Gasteiger partial charge in [0.2, 0.25) is 17.7 Å². The van der Waals surface area contributed by atoms with E-state index in [1.807, 2.05) is 0 Å². The summed E-state index contributed by atoms with van der Waals surface area (Å²) in [5, 5.41) is 2.73. The maximum absolute atomic E-state index is 12.4. The summed E-state index contributed by atoms with van der Waals surface area (Å²) in [6.45, 7) is 1.52. The van der Waals surface area contributed by atoms with Crippen molar-refractivity contribution < 1.29 is 18.8 Å². The van der Waals surface area contributed by atoms with Crippen molar-refractivity contribution in [3.05, 3.63) is 24.1 Å². The number of carbonyl (C=O) groups excluding carboxylic acids is 3. The lowest BCUT2D eigenvalue weighted by molar-refractivity contribution is -0.142. The zero-order chi connectivity index (χ0) is 17.6. The number of rotatable bonds is 3. The lowest BCUT2D eigenvalue weighted by Crippen LogP contribution is -2.38. The molecule has 1 saturated heterocycles. The Morgan fingerprint density at radius 1 is 1.24 bits per heavy atom. The van der Waals surface area contributed by atoms with Crippen LogP contribution in [0.2, 0.25) is 0 Å². The normalized spacial score (nSPS) is 23.2. The van der Waals surface area contributed by atoms with Crippen LogP contribution >= 0.6 is 0 Å². The van der Waals surface area contributed by atoms with Gasteiger partial charge in [-0.2, -0.15) is 0 Å². The summed E-state index contributed by atoms with van der Waals surface area (Å²) < 4.78 is 5.40. The Labute approximate surface area is 144 Å². The molecule has 25 heavy (non-hydrogen) atoms. The van der Waals surface area contributed by atoms with E-state index in [1.54, 1.807) is 25.1 Å². The van der Waals surface area contributed by atoms with Gasteiger partial charge in [-0.25, -0.2) is 4.98 Å². The van der Waals surface area contributed by atoms with Crippen molar-refractivity contribution in [2.24, 2.45) is 11.8 Å². The van der Waals surface area contributed by atoms with E-state index in [2.05, 4.69) is 10.3 Å². The first kappa shape index (κ1) is 15.8. The third-order valence-corrected chi connectivity index (χ3v) is 5.01. The van der Waals surface area contributed by atoms with Gasteiger partial charge in [0.1, 0.15) is 12.1 Å². The number of nitrogens with one attached hydrogen (secondary N) is 1. The minimum atomic E-state index is -0.389. The van der Waals surface area contributed by atoms with Crippen molar-refractivity contribution in [3.63, 3.8) is 0 Å². The molecule has 0 radical (unpaired) electrons. The second-order valence-electron chi connectivity index (χ2n) is 6.72. The number of nitrogens with zero attached hydrogens (tertiary/aromatic N) is 2. The SMILES string of the molecule is Cc1nc2cc(NC(=O)CN3C(=O)C4CCCCC4C3=O)ccc2o1. The molecule has 1 aromatic heterocycles. The van der Waals surface area contributed by atoms with Crippen LogP contribution in [0.4, 0.5) is 5.69 Å². The molecular weight excluding hydrogens is 322 g/mol. The largest absolute Gasteiger partial charge is 0.441 e. The highest BCUT2D eigenvalue weighted by molar-refractivity contribution is 6.08. The molecule has 3 amide bonds. The molecule has 1 saturated carbocycles.